The normalized spacial score (nSPS) is 12.2. The Labute approximate surface area is 243 Å². The van der Waals surface area contributed by atoms with Gasteiger partial charge in [-0.25, -0.2) is 8.42 Å². The molecule has 0 aliphatic rings. The minimum Gasteiger partial charge on any atom is -0.352 e. The maximum atomic E-state index is 14.1. The molecule has 2 amide bonds. The molecule has 1 unspecified atom stereocenters. The third kappa shape index (κ3) is 7.64. The van der Waals surface area contributed by atoms with Crippen LogP contribution in [-0.4, -0.2) is 43.8 Å². The zero-order valence-electron chi connectivity index (χ0n) is 23.9. The van der Waals surface area contributed by atoms with Crippen LogP contribution in [0, 0.1) is 20.8 Å². The molecule has 9 heteroatoms. The van der Waals surface area contributed by atoms with Gasteiger partial charge in [-0.3, -0.25) is 13.9 Å². The number of aryl methyl sites for hydroxylation is 3. The Kier molecular flexibility index (Phi) is 10.4. The summed E-state index contributed by atoms with van der Waals surface area (Å²) >= 11 is 6.07. The molecule has 3 aromatic carbocycles. The summed E-state index contributed by atoms with van der Waals surface area (Å²) in [5.41, 5.74) is 3.79. The fourth-order valence-electron chi connectivity index (χ4n) is 4.52. The highest BCUT2D eigenvalue weighted by Crippen LogP contribution is 2.28. The van der Waals surface area contributed by atoms with Gasteiger partial charge in [0.25, 0.3) is 10.0 Å². The molecule has 0 aromatic heterocycles. The van der Waals surface area contributed by atoms with Crippen LogP contribution in [0.4, 0.5) is 5.69 Å². The largest absolute Gasteiger partial charge is 0.352 e. The van der Waals surface area contributed by atoms with Crippen molar-refractivity contribution in [1.29, 1.82) is 0 Å². The lowest BCUT2D eigenvalue weighted by atomic mass is 10.1. The van der Waals surface area contributed by atoms with E-state index in [2.05, 4.69) is 5.32 Å². The summed E-state index contributed by atoms with van der Waals surface area (Å²) in [6, 6.07) is 18.1. The van der Waals surface area contributed by atoms with Crippen LogP contribution in [0.3, 0.4) is 0 Å². The van der Waals surface area contributed by atoms with E-state index in [4.69, 9.17) is 11.6 Å². The zero-order chi connectivity index (χ0) is 29.6. The minimum absolute atomic E-state index is 0.0831. The van der Waals surface area contributed by atoms with E-state index in [1.807, 2.05) is 53.7 Å². The molecular weight excluding hydrogens is 546 g/mol. The Balaban J connectivity index is 2.09. The van der Waals surface area contributed by atoms with E-state index in [9.17, 15) is 18.0 Å². The standard InChI is InChI=1S/C31H38ClN3O4S/c1-7-28(31(37)33-21(2)3)34(19-25-11-13-26(32)14-12-25)30(36)20-35(29-17-10-23(5)18-24(29)6)40(38,39)27-15-8-22(4)9-16-27/h8-18,21,28H,7,19-20H2,1-6H3,(H,33,37). The number of amides is 2. The Bertz CT molecular complexity index is 1440. The lowest BCUT2D eigenvalue weighted by molar-refractivity contribution is -0.140. The first-order chi connectivity index (χ1) is 18.8. The average molecular weight is 584 g/mol. The molecule has 0 spiro atoms. The molecule has 0 saturated heterocycles. The van der Waals surface area contributed by atoms with Crippen LogP contribution in [0.1, 0.15) is 49.4 Å². The maximum absolute atomic E-state index is 14.1. The number of halogens is 1. The van der Waals surface area contributed by atoms with E-state index in [0.717, 1.165) is 26.6 Å². The number of benzene rings is 3. The molecule has 0 aliphatic heterocycles. The molecule has 0 aliphatic carbocycles. The predicted octanol–water partition coefficient (Wildman–Crippen LogP) is 5.79. The van der Waals surface area contributed by atoms with Gasteiger partial charge in [-0.2, -0.15) is 0 Å². The number of nitrogens with one attached hydrogen (secondary N) is 1. The highest BCUT2D eigenvalue weighted by molar-refractivity contribution is 7.92. The van der Waals surface area contributed by atoms with E-state index in [0.29, 0.717) is 17.1 Å². The van der Waals surface area contributed by atoms with Crippen LogP contribution in [0.2, 0.25) is 5.02 Å². The van der Waals surface area contributed by atoms with E-state index in [1.54, 1.807) is 54.6 Å². The third-order valence-electron chi connectivity index (χ3n) is 6.59. The summed E-state index contributed by atoms with van der Waals surface area (Å²) in [6.07, 6.45) is 0.353. The van der Waals surface area contributed by atoms with Crippen molar-refractivity contribution < 1.29 is 18.0 Å². The van der Waals surface area contributed by atoms with Crippen LogP contribution in [0.5, 0.6) is 0 Å². The van der Waals surface area contributed by atoms with E-state index < -0.39 is 28.5 Å². The smallest absolute Gasteiger partial charge is 0.264 e. The number of carbonyl (C=O) groups excluding carboxylic acids is 2. The fourth-order valence-corrected chi connectivity index (χ4v) is 6.13. The molecule has 1 N–H and O–H groups in total. The van der Waals surface area contributed by atoms with Crippen molar-refractivity contribution in [3.05, 3.63) is 94.0 Å². The third-order valence-corrected chi connectivity index (χ3v) is 8.62. The number of hydrogen-bond donors (Lipinski definition) is 1. The predicted molar refractivity (Wildman–Crippen MR) is 161 cm³/mol. The number of sulfonamides is 1. The number of anilines is 1. The van der Waals surface area contributed by atoms with Crippen molar-refractivity contribution in [3.8, 4) is 0 Å². The van der Waals surface area contributed by atoms with Crippen LogP contribution in [-0.2, 0) is 26.2 Å². The van der Waals surface area contributed by atoms with Crippen molar-refractivity contribution in [3.63, 3.8) is 0 Å². The van der Waals surface area contributed by atoms with Crippen molar-refractivity contribution >= 4 is 39.1 Å². The number of nitrogens with zero attached hydrogens (tertiary/aromatic N) is 2. The van der Waals surface area contributed by atoms with Gasteiger partial charge in [0.1, 0.15) is 12.6 Å². The molecule has 40 heavy (non-hydrogen) atoms. The van der Waals surface area contributed by atoms with Crippen LogP contribution < -0.4 is 9.62 Å². The van der Waals surface area contributed by atoms with E-state index >= 15 is 0 Å². The van der Waals surface area contributed by atoms with Crippen molar-refractivity contribution in [2.75, 3.05) is 10.8 Å². The molecule has 1 atom stereocenters. The van der Waals surface area contributed by atoms with Gasteiger partial charge < -0.3 is 10.2 Å². The van der Waals surface area contributed by atoms with Gasteiger partial charge in [-0.1, -0.05) is 66.0 Å². The number of hydrogen-bond acceptors (Lipinski definition) is 4. The second kappa shape index (κ2) is 13.3. The summed E-state index contributed by atoms with van der Waals surface area (Å²) in [4.78, 5) is 28.9. The van der Waals surface area contributed by atoms with Gasteiger partial charge in [0, 0.05) is 17.6 Å². The lowest BCUT2D eigenvalue weighted by Crippen LogP contribution is -2.53. The Morgan fingerprint density at radius 3 is 2.05 bits per heavy atom. The summed E-state index contributed by atoms with van der Waals surface area (Å²) in [6.45, 7) is 10.8. The molecule has 0 bridgehead atoms. The van der Waals surface area contributed by atoms with Crippen LogP contribution >= 0.6 is 11.6 Å². The van der Waals surface area contributed by atoms with Crippen molar-refractivity contribution in [2.45, 2.75) is 71.5 Å². The fraction of sp³-hybridized carbons (Fsp3) is 0.355. The van der Waals surface area contributed by atoms with Crippen molar-refractivity contribution in [2.24, 2.45) is 0 Å². The highest BCUT2D eigenvalue weighted by atomic mass is 35.5. The van der Waals surface area contributed by atoms with Gasteiger partial charge in [-0.15, -0.1) is 0 Å². The Morgan fingerprint density at radius 2 is 1.50 bits per heavy atom. The first kappa shape index (κ1) is 31.2. The second-order valence-electron chi connectivity index (χ2n) is 10.4. The second-order valence-corrected chi connectivity index (χ2v) is 12.6. The highest BCUT2D eigenvalue weighted by Gasteiger charge is 2.34. The Morgan fingerprint density at radius 1 is 0.900 bits per heavy atom. The molecule has 0 saturated carbocycles. The Hall–Kier alpha value is -3.36. The topological polar surface area (TPSA) is 86.8 Å². The first-order valence-corrected chi connectivity index (χ1v) is 15.2. The van der Waals surface area contributed by atoms with Gasteiger partial charge in [0.15, 0.2) is 0 Å². The van der Waals surface area contributed by atoms with E-state index in [-0.39, 0.29) is 23.4 Å². The molecule has 7 nitrogen and oxygen atoms in total. The van der Waals surface area contributed by atoms with Gasteiger partial charge in [0.05, 0.1) is 10.6 Å². The minimum atomic E-state index is -4.12. The van der Waals surface area contributed by atoms with Gasteiger partial charge in [0.2, 0.25) is 11.8 Å². The lowest BCUT2D eigenvalue weighted by Gasteiger charge is -2.34. The monoisotopic (exact) mass is 583 g/mol. The maximum Gasteiger partial charge on any atom is 0.264 e. The summed E-state index contributed by atoms with van der Waals surface area (Å²) < 4.78 is 29.2. The number of carbonyl (C=O) groups is 2. The van der Waals surface area contributed by atoms with Gasteiger partial charge >= 0.3 is 0 Å². The number of rotatable bonds is 11. The molecular formula is C31H38ClN3O4S. The zero-order valence-corrected chi connectivity index (χ0v) is 25.5. The van der Waals surface area contributed by atoms with Crippen LogP contribution in [0.25, 0.3) is 0 Å². The first-order valence-electron chi connectivity index (χ1n) is 13.3. The van der Waals surface area contributed by atoms with Gasteiger partial charge in [-0.05, 0) is 82.5 Å². The molecule has 0 fully saturated rings. The summed E-state index contributed by atoms with van der Waals surface area (Å²) in [7, 11) is -4.12. The van der Waals surface area contributed by atoms with Crippen molar-refractivity contribution in [1.82, 2.24) is 10.2 Å². The summed E-state index contributed by atoms with van der Waals surface area (Å²) in [5.74, 6) is -0.782. The molecule has 3 aromatic rings. The SMILES string of the molecule is CCC(C(=O)NC(C)C)N(Cc1ccc(Cl)cc1)C(=O)CN(c1ccc(C)cc1C)S(=O)(=O)c1ccc(C)cc1. The molecule has 3 rings (SSSR count). The van der Waals surface area contributed by atoms with Crippen LogP contribution in [0.15, 0.2) is 71.6 Å². The quantitative estimate of drug-likeness (QED) is 0.309. The molecule has 0 heterocycles. The summed E-state index contributed by atoms with van der Waals surface area (Å²) in [5, 5.41) is 3.45. The molecule has 0 radical (unpaired) electrons. The average Bonchev–Trinajstić information content (AvgIpc) is 2.88. The van der Waals surface area contributed by atoms with E-state index in [1.165, 1.54) is 4.90 Å². The molecule has 214 valence electrons.